The lowest BCUT2D eigenvalue weighted by Crippen LogP contribution is -2.40. The normalized spacial score (nSPS) is 18.8. The summed E-state index contributed by atoms with van der Waals surface area (Å²) in [6.07, 6.45) is 3.82. The summed E-state index contributed by atoms with van der Waals surface area (Å²) in [5.74, 6) is 0. The molecule has 7 nitrogen and oxygen atoms in total. The van der Waals surface area contributed by atoms with Crippen molar-refractivity contribution in [1.82, 2.24) is 19.8 Å². The molecule has 2 heterocycles. The van der Waals surface area contributed by atoms with Crippen LogP contribution in [-0.4, -0.2) is 49.2 Å². The molecular weight excluding hydrogens is 266 g/mol. The van der Waals surface area contributed by atoms with Gasteiger partial charge in [0, 0.05) is 24.7 Å². The first-order valence-corrected chi connectivity index (χ1v) is 7.99. The Labute approximate surface area is 113 Å². The molecule has 1 aromatic heterocycles. The van der Waals surface area contributed by atoms with Gasteiger partial charge in [0.2, 0.25) is 0 Å². The molecule has 1 aliphatic rings. The molecule has 1 unspecified atom stereocenters. The molecule has 0 aliphatic carbocycles. The van der Waals surface area contributed by atoms with Gasteiger partial charge in [-0.3, -0.25) is 10.00 Å². The van der Waals surface area contributed by atoms with Crippen molar-refractivity contribution in [3.63, 3.8) is 0 Å². The number of aromatic nitrogens is 2. The lowest BCUT2D eigenvalue weighted by atomic mass is 10.3. The maximum absolute atomic E-state index is 12.1. The number of nitrogens with one attached hydrogen (secondary N) is 2. The molecule has 0 spiro atoms. The quantitative estimate of drug-likeness (QED) is 0.662. The van der Waals surface area contributed by atoms with E-state index in [9.17, 15) is 8.42 Å². The number of hydrogen-bond acceptors (Lipinski definition) is 5. The molecule has 1 saturated heterocycles. The van der Waals surface area contributed by atoms with Crippen molar-refractivity contribution < 1.29 is 8.42 Å². The number of sulfonamides is 1. The third-order valence-corrected chi connectivity index (χ3v) is 4.94. The molecule has 2 rings (SSSR count). The predicted molar refractivity (Wildman–Crippen MR) is 71.9 cm³/mol. The van der Waals surface area contributed by atoms with E-state index in [0.717, 1.165) is 13.1 Å². The number of aromatic amines is 1. The van der Waals surface area contributed by atoms with E-state index < -0.39 is 10.0 Å². The minimum atomic E-state index is -3.56. The third-order valence-electron chi connectivity index (χ3n) is 3.50. The molecule has 0 aromatic carbocycles. The highest BCUT2D eigenvalue weighted by atomic mass is 32.2. The monoisotopic (exact) mass is 287 g/mol. The first-order valence-electron chi connectivity index (χ1n) is 6.50. The van der Waals surface area contributed by atoms with Crippen LogP contribution in [0.25, 0.3) is 0 Å². The van der Waals surface area contributed by atoms with E-state index in [1.54, 1.807) is 0 Å². The van der Waals surface area contributed by atoms with Crippen molar-refractivity contribution in [3.05, 3.63) is 11.8 Å². The summed E-state index contributed by atoms with van der Waals surface area (Å²) in [6, 6.07) is 0.196. The smallest absolute Gasteiger partial charge is 0.257 e. The molecule has 1 atom stereocenters. The van der Waals surface area contributed by atoms with Gasteiger partial charge in [0.05, 0.1) is 6.20 Å². The SMILES string of the molecule is CC(CNS(=O)(=O)c1[nH]ncc1CN)N1CCCC1. The van der Waals surface area contributed by atoms with Crippen molar-refractivity contribution in [2.75, 3.05) is 19.6 Å². The second-order valence-electron chi connectivity index (χ2n) is 4.87. The number of rotatable bonds is 6. The zero-order chi connectivity index (χ0) is 13.9. The molecule has 19 heavy (non-hydrogen) atoms. The van der Waals surface area contributed by atoms with Gasteiger partial charge < -0.3 is 5.73 Å². The van der Waals surface area contributed by atoms with Gasteiger partial charge in [-0.15, -0.1) is 0 Å². The highest BCUT2D eigenvalue weighted by Crippen LogP contribution is 2.13. The van der Waals surface area contributed by atoms with Crippen molar-refractivity contribution in [2.24, 2.45) is 5.73 Å². The number of nitrogens with zero attached hydrogens (tertiary/aromatic N) is 2. The Morgan fingerprint density at radius 2 is 2.21 bits per heavy atom. The minimum Gasteiger partial charge on any atom is -0.326 e. The first kappa shape index (κ1) is 14.4. The molecule has 1 aromatic rings. The van der Waals surface area contributed by atoms with Gasteiger partial charge in [-0.2, -0.15) is 5.10 Å². The molecule has 1 fully saturated rings. The average molecular weight is 287 g/mol. The van der Waals surface area contributed by atoms with Crippen LogP contribution in [0.3, 0.4) is 0 Å². The summed E-state index contributed by atoms with van der Waals surface area (Å²) >= 11 is 0. The van der Waals surface area contributed by atoms with Crippen LogP contribution in [-0.2, 0) is 16.6 Å². The summed E-state index contributed by atoms with van der Waals surface area (Å²) in [7, 11) is -3.56. The van der Waals surface area contributed by atoms with Crippen LogP contribution in [0.15, 0.2) is 11.2 Å². The number of hydrogen-bond donors (Lipinski definition) is 3. The molecule has 1 aliphatic heterocycles. The van der Waals surface area contributed by atoms with Crippen LogP contribution >= 0.6 is 0 Å². The molecule has 4 N–H and O–H groups in total. The lowest BCUT2D eigenvalue weighted by Gasteiger charge is -2.23. The van der Waals surface area contributed by atoms with E-state index in [4.69, 9.17) is 5.73 Å². The predicted octanol–water partition coefficient (Wildman–Crippen LogP) is -0.369. The maximum atomic E-state index is 12.1. The fraction of sp³-hybridized carbons (Fsp3) is 0.727. The zero-order valence-electron chi connectivity index (χ0n) is 11.1. The summed E-state index contributed by atoms with van der Waals surface area (Å²) in [6.45, 7) is 4.66. The topological polar surface area (TPSA) is 104 Å². The van der Waals surface area contributed by atoms with Crippen LogP contribution in [0.2, 0.25) is 0 Å². The fourth-order valence-corrected chi connectivity index (χ4v) is 3.55. The highest BCUT2D eigenvalue weighted by Gasteiger charge is 2.23. The largest absolute Gasteiger partial charge is 0.326 e. The van der Waals surface area contributed by atoms with Gasteiger partial charge in [0.15, 0.2) is 5.03 Å². The van der Waals surface area contributed by atoms with Crippen molar-refractivity contribution >= 4 is 10.0 Å². The molecule has 108 valence electrons. The van der Waals surface area contributed by atoms with Crippen LogP contribution < -0.4 is 10.5 Å². The number of H-pyrrole nitrogens is 1. The molecule has 0 saturated carbocycles. The van der Waals surface area contributed by atoms with Crippen LogP contribution in [0.5, 0.6) is 0 Å². The highest BCUT2D eigenvalue weighted by molar-refractivity contribution is 7.89. The van der Waals surface area contributed by atoms with Gasteiger partial charge in [0.25, 0.3) is 10.0 Å². The van der Waals surface area contributed by atoms with Gasteiger partial charge in [0.1, 0.15) is 0 Å². The molecule has 0 amide bonds. The van der Waals surface area contributed by atoms with Gasteiger partial charge in [-0.25, -0.2) is 13.1 Å². The Balaban J connectivity index is 1.97. The minimum absolute atomic E-state index is 0.0728. The van der Waals surface area contributed by atoms with Gasteiger partial charge in [-0.1, -0.05) is 0 Å². The summed E-state index contributed by atoms with van der Waals surface area (Å²) in [5.41, 5.74) is 5.99. The van der Waals surface area contributed by atoms with Crippen LogP contribution in [0.4, 0.5) is 0 Å². The van der Waals surface area contributed by atoms with E-state index in [-0.39, 0.29) is 17.6 Å². The molecule has 8 heteroatoms. The molecule has 0 bridgehead atoms. The van der Waals surface area contributed by atoms with Crippen LogP contribution in [0.1, 0.15) is 25.3 Å². The van der Waals surface area contributed by atoms with Crippen molar-refractivity contribution in [1.29, 1.82) is 0 Å². The van der Waals surface area contributed by atoms with Gasteiger partial charge >= 0.3 is 0 Å². The second-order valence-corrected chi connectivity index (χ2v) is 6.58. The van der Waals surface area contributed by atoms with E-state index in [1.165, 1.54) is 19.0 Å². The average Bonchev–Trinajstić information content (AvgIpc) is 3.06. The van der Waals surface area contributed by atoms with Crippen LogP contribution in [0, 0.1) is 0 Å². The maximum Gasteiger partial charge on any atom is 0.257 e. The third kappa shape index (κ3) is 3.33. The Morgan fingerprint density at radius 3 is 2.84 bits per heavy atom. The molecular formula is C11H21N5O2S. The van der Waals surface area contributed by atoms with Crippen molar-refractivity contribution in [3.8, 4) is 0 Å². The Bertz CT molecular complexity index is 507. The van der Waals surface area contributed by atoms with E-state index >= 15 is 0 Å². The summed E-state index contributed by atoms with van der Waals surface area (Å²) in [4.78, 5) is 2.29. The second kappa shape index (κ2) is 6.00. The standard InChI is InChI=1S/C11H21N5O2S/c1-9(16-4-2-3-5-16)7-14-19(17,18)11-10(6-12)8-13-15-11/h8-9,14H,2-7,12H2,1H3,(H,13,15). The fourth-order valence-electron chi connectivity index (χ4n) is 2.29. The Morgan fingerprint density at radius 1 is 1.53 bits per heavy atom. The van der Waals surface area contributed by atoms with Crippen molar-refractivity contribution in [2.45, 2.75) is 37.4 Å². The zero-order valence-corrected chi connectivity index (χ0v) is 11.9. The van der Waals surface area contributed by atoms with Gasteiger partial charge in [-0.05, 0) is 32.9 Å². The number of likely N-dealkylation sites (tertiary alicyclic amines) is 1. The summed E-state index contributed by atoms with van der Waals surface area (Å²) in [5, 5.41) is 6.30. The first-order chi connectivity index (χ1) is 9.04. The molecule has 0 radical (unpaired) electrons. The van der Waals surface area contributed by atoms with E-state index in [0.29, 0.717) is 12.1 Å². The van der Waals surface area contributed by atoms with E-state index in [1.807, 2.05) is 6.92 Å². The van der Waals surface area contributed by atoms with E-state index in [2.05, 4.69) is 19.8 Å². The Hall–Kier alpha value is -0.960. The summed E-state index contributed by atoms with van der Waals surface area (Å²) < 4.78 is 26.9. The Kier molecular flexibility index (Phi) is 4.56. The number of nitrogens with two attached hydrogens (primary N) is 1. The lowest BCUT2D eigenvalue weighted by molar-refractivity contribution is 0.260.